The molecule has 0 unspecified atom stereocenters. The van der Waals surface area contributed by atoms with Gasteiger partial charge in [-0.3, -0.25) is 14.6 Å². The summed E-state index contributed by atoms with van der Waals surface area (Å²) in [5, 5.41) is 5.62. The SMILES string of the molecule is COc1ccc(CCNC(=O)c2cncc(C(=O)NC(C)C)c2)cc1. The van der Waals surface area contributed by atoms with Gasteiger partial charge in [-0.25, -0.2) is 0 Å². The van der Waals surface area contributed by atoms with Crippen molar-refractivity contribution >= 4 is 11.8 Å². The number of rotatable bonds is 7. The molecule has 0 saturated carbocycles. The zero-order valence-corrected chi connectivity index (χ0v) is 14.7. The Bertz CT molecular complexity index is 727. The second-order valence-electron chi connectivity index (χ2n) is 5.94. The van der Waals surface area contributed by atoms with Crippen LogP contribution in [0.5, 0.6) is 5.75 Å². The van der Waals surface area contributed by atoms with Crippen LogP contribution in [0.1, 0.15) is 40.1 Å². The predicted molar refractivity (Wildman–Crippen MR) is 95.9 cm³/mol. The van der Waals surface area contributed by atoms with Crippen molar-refractivity contribution < 1.29 is 14.3 Å². The summed E-state index contributed by atoms with van der Waals surface area (Å²) < 4.78 is 5.11. The van der Waals surface area contributed by atoms with Crippen LogP contribution >= 0.6 is 0 Å². The van der Waals surface area contributed by atoms with E-state index < -0.39 is 0 Å². The number of carbonyl (C=O) groups is 2. The molecule has 2 N–H and O–H groups in total. The fraction of sp³-hybridized carbons (Fsp3) is 0.316. The fourth-order valence-corrected chi connectivity index (χ4v) is 2.25. The van der Waals surface area contributed by atoms with Crippen LogP contribution < -0.4 is 15.4 Å². The molecular formula is C19H23N3O3. The summed E-state index contributed by atoms with van der Waals surface area (Å²) in [7, 11) is 1.62. The molecule has 1 aromatic heterocycles. The first-order valence-electron chi connectivity index (χ1n) is 8.16. The van der Waals surface area contributed by atoms with Gasteiger partial charge >= 0.3 is 0 Å². The van der Waals surface area contributed by atoms with E-state index in [2.05, 4.69) is 15.6 Å². The van der Waals surface area contributed by atoms with Gasteiger partial charge < -0.3 is 15.4 Å². The number of aromatic nitrogens is 1. The molecule has 0 radical (unpaired) electrons. The lowest BCUT2D eigenvalue weighted by Crippen LogP contribution is -2.31. The Morgan fingerprint density at radius 3 is 2.32 bits per heavy atom. The van der Waals surface area contributed by atoms with Crippen LogP contribution in [-0.2, 0) is 6.42 Å². The number of nitrogens with one attached hydrogen (secondary N) is 2. The highest BCUT2D eigenvalue weighted by Gasteiger charge is 2.11. The molecule has 2 amide bonds. The standard InChI is InChI=1S/C19H23N3O3/c1-13(2)22-19(24)16-10-15(11-20-12-16)18(23)21-9-8-14-4-6-17(25-3)7-5-14/h4-7,10-13H,8-9H2,1-3H3,(H,21,23)(H,22,24). The Morgan fingerprint density at radius 1 is 1.08 bits per heavy atom. The Labute approximate surface area is 147 Å². The number of pyridine rings is 1. The Kier molecular flexibility index (Phi) is 6.51. The van der Waals surface area contributed by atoms with E-state index in [9.17, 15) is 9.59 Å². The lowest BCUT2D eigenvalue weighted by atomic mass is 10.1. The maximum atomic E-state index is 12.2. The summed E-state index contributed by atoms with van der Waals surface area (Å²) in [5.41, 5.74) is 1.84. The summed E-state index contributed by atoms with van der Waals surface area (Å²) in [5.74, 6) is 0.311. The topological polar surface area (TPSA) is 80.3 Å². The molecule has 25 heavy (non-hydrogen) atoms. The van der Waals surface area contributed by atoms with Gasteiger partial charge in [-0.2, -0.15) is 0 Å². The first-order chi connectivity index (χ1) is 12.0. The smallest absolute Gasteiger partial charge is 0.253 e. The van der Waals surface area contributed by atoms with Crippen LogP contribution in [0.2, 0.25) is 0 Å². The molecule has 0 fully saturated rings. The molecule has 2 aromatic rings. The molecule has 6 heteroatoms. The zero-order chi connectivity index (χ0) is 18.2. The van der Waals surface area contributed by atoms with Gasteiger partial charge in [-0.15, -0.1) is 0 Å². The largest absolute Gasteiger partial charge is 0.497 e. The minimum absolute atomic E-state index is 0.0227. The monoisotopic (exact) mass is 341 g/mol. The lowest BCUT2D eigenvalue weighted by molar-refractivity contribution is 0.0942. The number of hydrogen-bond acceptors (Lipinski definition) is 4. The van der Waals surface area contributed by atoms with Gasteiger partial charge in [0.1, 0.15) is 5.75 Å². The van der Waals surface area contributed by atoms with E-state index in [0.717, 1.165) is 11.3 Å². The summed E-state index contributed by atoms with van der Waals surface area (Å²) >= 11 is 0. The van der Waals surface area contributed by atoms with Crippen LogP contribution in [0.25, 0.3) is 0 Å². The van der Waals surface area contributed by atoms with Crippen molar-refractivity contribution in [1.82, 2.24) is 15.6 Å². The minimum Gasteiger partial charge on any atom is -0.497 e. The Balaban J connectivity index is 1.90. The first kappa shape index (κ1) is 18.4. The van der Waals surface area contributed by atoms with E-state index in [1.807, 2.05) is 38.1 Å². The Hall–Kier alpha value is -2.89. The molecule has 0 aliphatic carbocycles. The third-order valence-electron chi connectivity index (χ3n) is 3.54. The van der Waals surface area contributed by atoms with Crippen LogP contribution in [0.3, 0.4) is 0 Å². The molecule has 1 heterocycles. The number of benzene rings is 1. The molecule has 0 atom stereocenters. The highest BCUT2D eigenvalue weighted by molar-refractivity contribution is 5.99. The van der Waals surface area contributed by atoms with Crippen molar-refractivity contribution in [2.24, 2.45) is 0 Å². The van der Waals surface area contributed by atoms with Gasteiger partial charge in [0.05, 0.1) is 18.2 Å². The quantitative estimate of drug-likeness (QED) is 0.809. The molecule has 6 nitrogen and oxygen atoms in total. The van der Waals surface area contributed by atoms with E-state index >= 15 is 0 Å². The molecule has 0 spiro atoms. The number of methoxy groups -OCH3 is 1. The van der Waals surface area contributed by atoms with Crippen molar-refractivity contribution in [2.45, 2.75) is 26.3 Å². The van der Waals surface area contributed by atoms with Crippen molar-refractivity contribution in [3.05, 3.63) is 59.4 Å². The number of carbonyl (C=O) groups excluding carboxylic acids is 2. The first-order valence-corrected chi connectivity index (χ1v) is 8.16. The fourth-order valence-electron chi connectivity index (χ4n) is 2.25. The third-order valence-corrected chi connectivity index (χ3v) is 3.54. The normalized spacial score (nSPS) is 10.4. The van der Waals surface area contributed by atoms with E-state index in [1.165, 1.54) is 12.4 Å². The molecule has 2 rings (SSSR count). The van der Waals surface area contributed by atoms with Gasteiger partial charge in [0, 0.05) is 25.0 Å². The van der Waals surface area contributed by atoms with E-state index in [4.69, 9.17) is 4.74 Å². The highest BCUT2D eigenvalue weighted by Crippen LogP contribution is 2.11. The van der Waals surface area contributed by atoms with E-state index in [0.29, 0.717) is 24.1 Å². The maximum Gasteiger partial charge on any atom is 0.253 e. The highest BCUT2D eigenvalue weighted by atomic mass is 16.5. The second kappa shape index (κ2) is 8.82. The predicted octanol–water partition coefficient (Wildman–Crippen LogP) is 2.20. The van der Waals surface area contributed by atoms with Crippen LogP contribution in [0.15, 0.2) is 42.7 Å². The number of nitrogens with zero attached hydrogens (tertiary/aromatic N) is 1. The van der Waals surface area contributed by atoms with Gasteiger partial charge in [0.15, 0.2) is 0 Å². The summed E-state index contributed by atoms with van der Waals surface area (Å²) in [6.45, 7) is 4.25. The number of hydrogen-bond donors (Lipinski definition) is 2. The van der Waals surface area contributed by atoms with Crippen molar-refractivity contribution in [2.75, 3.05) is 13.7 Å². The maximum absolute atomic E-state index is 12.2. The third kappa shape index (κ3) is 5.60. The molecule has 1 aromatic carbocycles. The van der Waals surface area contributed by atoms with Crippen molar-refractivity contribution in [3.63, 3.8) is 0 Å². The molecule has 0 bridgehead atoms. The summed E-state index contributed by atoms with van der Waals surface area (Å²) in [6, 6.07) is 9.27. The Morgan fingerprint density at radius 2 is 1.72 bits per heavy atom. The van der Waals surface area contributed by atoms with Gasteiger partial charge in [0.2, 0.25) is 0 Å². The molecule has 0 aliphatic heterocycles. The number of amides is 2. The van der Waals surface area contributed by atoms with Crippen molar-refractivity contribution in [1.29, 1.82) is 0 Å². The van der Waals surface area contributed by atoms with E-state index in [-0.39, 0.29) is 17.9 Å². The second-order valence-corrected chi connectivity index (χ2v) is 5.94. The zero-order valence-electron chi connectivity index (χ0n) is 14.7. The van der Waals surface area contributed by atoms with Crippen molar-refractivity contribution in [3.8, 4) is 5.75 Å². The van der Waals surface area contributed by atoms with Gasteiger partial charge in [-0.1, -0.05) is 12.1 Å². The van der Waals surface area contributed by atoms with Crippen LogP contribution in [-0.4, -0.2) is 36.5 Å². The lowest BCUT2D eigenvalue weighted by Gasteiger charge is -2.09. The number of ether oxygens (including phenoxy) is 1. The van der Waals surface area contributed by atoms with Gasteiger partial charge in [-0.05, 0) is 44.0 Å². The minimum atomic E-state index is -0.250. The molecule has 0 saturated heterocycles. The molecule has 0 aliphatic rings. The summed E-state index contributed by atoms with van der Waals surface area (Å²) in [6.07, 6.45) is 3.61. The van der Waals surface area contributed by atoms with E-state index in [1.54, 1.807) is 13.2 Å². The van der Waals surface area contributed by atoms with Gasteiger partial charge in [0.25, 0.3) is 11.8 Å². The molecular weight excluding hydrogens is 318 g/mol. The van der Waals surface area contributed by atoms with Crippen LogP contribution in [0.4, 0.5) is 0 Å². The van der Waals surface area contributed by atoms with Crippen LogP contribution in [0, 0.1) is 0 Å². The molecule has 132 valence electrons. The summed E-state index contributed by atoms with van der Waals surface area (Å²) in [4.78, 5) is 28.2. The average molecular weight is 341 g/mol. The average Bonchev–Trinajstić information content (AvgIpc) is 2.61.